The molecular weight excluding hydrogens is 751 g/mol. The number of ether oxygens (including phenoxy) is 2. The van der Waals surface area contributed by atoms with Crippen LogP contribution in [-0.2, 0) is 46.4 Å². The maximum atomic E-state index is 15.9. The zero-order valence-electron chi connectivity index (χ0n) is 31.5. The Hall–Kier alpha value is -4.68. The van der Waals surface area contributed by atoms with Gasteiger partial charge in [0.05, 0.1) is 52.3 Å². The number of carbonyl (C=O) groups is 1. The second-order valence-corrected chi connectivity index (χ2v) is 17.0. The van der Waals surface area contributed by atoms with Crippen LogP contribution in [0.2, 0.25) is 0 Å². The zero-order valence-corrected chi connectivity index (χ0v) is 33.2. The van der Waals surface area contributed by atoms with Gasteiger partial charge in [0, 0.05) is 28.5 Å². The van der Waals surface area contributed by atoms with E-state index in [-0.39, 0.29) is 24.3 Å². The van der Waals surface area contributed by atoms with Crippen molar-refractivity contribution < 1.29 is 41.2 Å². The van der Waals surface area contributed by atoms with Gasteiger partial charge >= 0.3 is 13.8 Å². The smallest absolute Gasteiger partial charge is 0.435 e. The minimum atomic E-state index is -4.04. The Morgan fingerprint density at radius 2 is 1.71 bits per heavy atom. The number of aromatic nitrogens is 4. The normalized spacial score (nSPS) is 13.9. The van der Waals surface area contributed by atoms with E-state index < -0.39 is 54.9 Å². The summed E-state index contributed by atoms with van der Waals surface area (Å²) in [6, 6.07) is 18.5. The summed E-state index contributed by atoms with van der Waals surface area (Å²) in [4.78, 5) is 22.3. The lowest BCUT2D eigenvalue weighted by atomic mass is 9.81. The van der Waals surface area contributed by atoms with Gasteiger partial charge in [0.15, 0.2) is 6.79 Å². The number of nitriles is 1. The summed E-state index contributed by atoms with van der Waals surface area (Å²) in [6.07, 6.45) is 2.73. The van der Waals surface area contributed by atoms with E-state index in [9.17, 15) is 19.0 Å². The molecule has 16 heteroatoms. The average molecular weight is 794 g/mol. The molecule has 0 fully saturated rings. The lowest BCUT2D eigenvalue weighted by molar-refractivity contribution is -0.148. The Labute approximate surface area is 322 Å². The fourth-order valence-corrected chi connectivity index (χ4v) is 8.34. The fourth-order valence-electron chi connectivity index (χ4n) is 5.58. The van der Waals surface area contributed by atoms with Crippen molar-refractivity contribution in [1.29, 1.82) is 5.26 Å². The van der Waals surface area contributed by atoms with Crippen LogP contribution in [-0.4, -0.2) is 43.7 Å². The van der Waals surface area contributed by atoms with Gasteiger partial charge < -0.3 is 9.47 Å². The molecule has 0 unspecified atom stereocenters. The van der Waals surface area contributed by atoms with Gasteiger partial charge in [0.1, 0.15) is 29.9 Å². The van der Waals surface area contributed by atoms with Crippen LogP contribution in [0.25, 0.3) is 11.3 Å². The maximum absolute atomic E-state index is 15.9. The SMILES string of the molecule is C[C@@H](c1nc(-c2ccc(C#N)cc2)cs1)[C@@](Cn1cncn1)(OCOC(=O)c1cccc(COP(=O)(OC(C)(C)C)OC(C)(C)C)c1)c1ccc(F)cc1F. The number of phosphoric ester groups is 1. The molecule has 2 atom stereocenters. The fraction of sp³-hybridized carbons (Fsp3) is 0.359. The molecule has 12 nitrogen and oxygen atoms in total. The van der Waals surface area contributed by atoms with Gasteiger partial charge in [-0.2, -0.15) is 10.4 Å². The highest BCUT2D eigenvalue weighted by Gasteiger charge is 2.45. The molecule has 55 heavy (non-hydrogen) atoms. The molecule has 0 saturated heterocycles. The van der Waals surface area contributed by atoms with E-state index in [0.717, 1.165) is 17.7 Å². The van der Waals surface area contributed by atoms with Crippen molar-refractivity contribution in [1.82, 2.24) is 19.7 Å². The van der Waals surface area contributed by atoms with Crippen LogP contribution in [0, 0.1) is 23.0 Å². The van der Waals surface area contributed by atoms with Crippen LogP contribution in [0.3, 0.4) is 0 Å². The average Bonchev–Trinajstić information content (AvgIpc) is 3.82. The summed E-state index contributed by atoms with van der Waals surface area (Å²) in [6.45, 7) is 11.2. The first-order chi connectivity index (χ1) is 25.9. The maximum Gasteiger partial charge on any atom is 0.476 e. The van der Waals surface area contributed by atoms with Gasteiger partial charge in [0.2, 0.25) is 0 Å². The molecule has 0 aliphatic carbocycles. The van der Waals surface area contributed by atoms with Gasteiger partial charge in [-0.15, -0.1) is 11.3 Å². The van der Waals surface area contributed by atoms with Gasteiger partial charge in [0.25, 0.3) is 0 Å². The molecular formula is C39H42F2N5O7PS. The van der Waals surface area contributed by atoms with Gasteiger partial charge in [-0.05, 0) is 77.4 Å². The van der Waals surface area contributed by atoms with Crippen LogP contribution < -0.4 is 0 Å². The molecule has 0 bridgehead atoms. The van der Waals surface area contributed by atoms with Crippen LogP contribution in [0.1, 0.15) is 86.4 Å². The number of carbonyl (C=O) groups excluding carboxylic acids is 1. The molecule has 0 amide bonds. The first kappa shape index (κ1) is 41.5. The van der Waals surface area contributed by atoms with Crippen molar-refractivity contribution in [2.45, 2.75) is 84.3 Å². The molecule has 0 aliphatic heterocycles. The lowest BCUT2D eigenvalue weighted by Crippen LogP contribution is -2.42. The summed E-state index contributed by atoms with van der Waals surface area (Å²) >= 11 is 1.30. The summed E-state index contributed by atoms with van der Waals surface area (Å²) in [5.74, 6) is -3.18. The van der Waals surface area contributed by atoms with Crippen LogP contribution in [0.15, 0.2) is 84.8 Å². The Bertz CT molecular complexity index is 2160. The highest BCUT2D eigenvalue weighted by molar-refractivity contribution is 7.48. The standard InChI is InChI=1S/C39H42F2N5O7PS/c1-26(35-45-34(21-55-35)29-13-11-27(19-42)12-14-29)39(22-46-24-43-23-44-46,32-16-15-31(40)18-33(32)41)50-25-49-36(47)30-10-8-9-28(17-30)20-51-54(48,52-37(2,3)4)53-38(5,6)7/h8-18,21,23-24,26H,20,22,25H2,1-7H3/t26-,39+/m0/s1. The van der Waals surface area contributed by atoms with E-state index in [2.05, 4.69) is 16.2 Å². The molecule has 0 aliphatic rings. The third kappa shape index (κ3) is 11.0. The largest absolute Gasteiger partial charge is 0.476 e. The number of thiazole rings is 1. The Balaban J connectivity index is 1.41. The molecule has 0 saturated carbocycles. The Morgan fingerprint density at radius 1 is 1.00 bits per heavy atom. The molecule has 5 rings (SSSR count). The Kier molecular flexibility index (Phi) is 12.8. The quantitative estimate of drug-likeness (QED) is 0.0567. The number of halogens is 2. The minimum Gasteiger partial charge on any atom is -0.435 e. The minimum absolute atomic E-state index is 0.0263. The van der Waals surface area contributed by atoms with Crippen molar-refractivity contribution in [3.63, 3.8) is 0 Å². The number of hydrogen-bond acceptors (Lipinski definition) is 12. The highest BCUT2D eigenvalue weighted by atomic mass is 32.1. The number of phosphoric acid groups is 1. The molecule has 0 spiro atoms. The molecule has 5 aromatic rings. The number of rotatable bonds is 15. The molecule has 0 radical (unpaired) electrons. The van der Waals surface area contributed by atoms with Crippen LogP contribution in [0.5, 0.6) is 0 Å². The van der Waals surface area contributed by atoms with Crippen LogP contribution >= 0.6 is 19.2 Å². The second-order valence-electron chi connectivity index (χ2n) is 14.6. The number of esters is 1. The van der Waals surface area contributed by atoms with Crippen molar-refractivity contribution in [2.75, 3.05) is 6.79 Å². The van der Waals surface area contributed by atoms with E-state index in [4.69, 9.17) is 28.0 Å². The molecule has 0 N–H and O–H groups in total. The Morgan fingerprint density at radius 3 is 2.33 bits per heavy atom. The number of nitrogens with zero attached hydrogens (tertiary/aromatic N) is 5. The van der Waals surface area contributed by atoms with Crippen LogP contribution in [0.4, 0.5) is 8.78 Å². The van der Waals surface area contributed by atoms with Crippen molar-refractivity contribution in [3.05, 3.63) is 124 Å². The third-order valence-corrected chi connectivity index (χ3v) is 11.0. The first-order valence-electron chi connectivity index (χ1n) is 17.2. The van der Waals surface area contributed by atoms with E-state index in [1.807, 2.05) is 5.38 Å². The third-order valence-electron chi connectivity index (χ3n) is 7.98. The van der Waals surface area contributed by atoms with E-state index in [1.165, 1.54) is 46.9 Å². The van der Waals surface area contributed by atoms with Gasteiger partial charge in [-0.1, -0.05) is 37.3 Å². The van der Waals surface area contributed by atoms with E-state index in [1.54, 1.807) is 84.9 Å². The lowest BCUT2D eigenvalue weighted by Gasteiger charge is -2.38. The zero-order chi connectivity index (χ0) is 40.0. The summed E-state index contributed by atoms with van der Waals surface area (Å²) < 4.78 is 74.2. The number of benzene rings is 3. The molecule has 2 aromatic heterocycles. The van der Waals surface area contributed by atoms with E-state index >= 15 is 4.39 Å². The highest BCUT2D eigenvalue weighted by Crippen LogP contribution is 2.56. The molecule has 290 valence electrons. The second kappa shape index (κ2) is 17.0. The predicted molar refractivity (Wildman–Crippen MR) is 201 cm³/mol. The van der Waals surface area contributed by atoms with Crippen molar-refractivity contribution in [3.8, 4) is 17.3 Å². The van der Waals surface area contributed by atoms with Gasteiger partial charge in [-0.3, -0.25) is 13.6 Å². The monoisotopic (exact) mass is 793 g/mol. The number of hydrogen-bond donors (Lipinski definition) is 0. The van der Waals surface area contributed by atoms with Crippen molar-refractivity contribution in [2.24, 2.45) is 0 Å². The van der Waals surface area contributed by atoms with Crippen molar-refractivity contribution >= 4 is 25.1 Å². The van der Waals surface area contributed by atoms with E-state index in [0.29, 0.717) is 21.8 Å². The summed E-state index contributed by atoms with van der Waals surface area (Å²) in [5, 5.41) is 15.8. The predicted octanol–water partition coefficient (Wildman–Crippen LogP) is 9.34. The first-order valence-corrected chi connectivity index (χ1v) is 19.5. The molecule has 3 aromatic carbocycles. The summed E-state index contributed by atoms with van der Waals surface area (Å²) in [5.41, 5.74) is -0.879. The summed E-state index contributed by atoms with van der Waals surface area (Å²) in [7, 11) is -4.04. The van der Waals surface area contributed by atoms with Gasteiger partial charge in [-0.25, -0.2) is 32.8 Å². The topological polar surface area (TPSA) is 148 Å². The molecule has 2 heterocycles.